The summed E-state index contributed by atoms with van der Waals surface area (Å²) in [7, 11) is 0. The van der Waals surface area contributed by atoms with E-state index in [-0.39, 0.29) is 10.7 Å². The van der Waals surface area contributed by atoms with E-state index >= 15 is 0 Å². The maximum Gasteiger partial charge on any atom is 0.356 e. The maximum absolute atomic E-state index is 10.9. The maximum atomic E-state index is 10.9. The van der Waals surface area contributed by atoms with Crippen molar-refractivity contribution in [3.63, 3.8) is 0 Å². The van der Waals surface area contributed by atoms with Crippen molar-refractivity contribution in [2.45, 2.75) is 19.3 Å². The van der Waals surface area contributed by atoms with Gasteiger partial charge in [0.05, 0.1) is 5.02 Å². The first-order valence-corrected chi connectivity index (χ1v) is 6.90. The Morgan fingerprint density at radius 1 is 1.42 bits per heavy atom. The van der Waals surface area contributed by atoms with Gasteiger partial charge in [-0.2, -0.15) is 0 Å². The van der Waals surface area contributed by atoms with Crippen LogP contribution < -0.4 is 5.32 Å². The molecule has 2 rings (SSSR count). The highest BCUT2D eigenvalue weighted by Gasteiger charge is 2.12. The lowest BCUT2D eigenvalue weighted by atomic mass is 10.3. The van der Waals surface area contributed by atoms with Crippen LogP contribution in [0.2, 0.25) is 5.02 Å². The molecule has 19 heavy (non-hydrogen) atoms. The van der Waals surface area contributed by atoms with Crippen molar-refractivity contribution in [2.75, 3.05) is 31.5 Å². The Bertz CT molecular complexity index is 448. The number of carboxylic acids is 1. The standard InChI is InChI=1S/C13H18ClN3O2/c14-10-4-5-11(16-12(10)13(18)19)15-6-3-9-17-7-1-2-8-17/h4-5H,1-3,6-9H2,(H,15,16)(H,18,19). The smallest absolute Gasteiger partial charge is 0.356 e. The fraction of sp³-hybridized carbons (Fsp3) is 0.538. The molecule has 0 unspecified atom stereocenters. The van der Waals surface area contributed by atoms with Gasteiger partial charge >= 0.3 is 5.97 Å². The van der Waals surface area contributed by atoms with Gasteiger partial charge in [-0.1, -0.05) is 11.6 Å². The van der Waals surface area contributed by atoms with Crippen LogP contribution in [0.3, 0.4) is 0 Å². The number of halogens is 1. The van der Waals surface area contributed by atoms with Crippen LogP contribution >= 0.6 is 11.6 Å². The lowest BCUT2D eigenvalue weighted by molar-refractivity contribution is 0.0691. The molecule has 0 spiro atoms. The number of carbonyl (C=O) groups is 1. The third kappa shape index (κ3) is 4.08. The number of rotatable bonds is 6. The average Bonchev–Trinajstić information content (AvgIpc) is 2.89. The SMILES string of the molecule is O=C(O)c1nc(NCCCN2CCCC2)ccc1Cl. The second-order valence-corrected chi connectivity index (χ2v) is 5.07. The number of aromatic carboxylic acids is 1. The Balaban J connectivity index is 1.79. The summed E-state index contributed by atoms with van der Waals surface area (Å²) in [6.07, 6.45) is 3.62. The fourth-order valence-corrected chi connectivity index (χ4v) is 2.40. The summed E-state index contributed by atoms with van der Waals surface area (Å²) in [6.45, 7) is 4.25. The van der Waals surface area contributed by atoms with Crippen molar-refractivity contribution in [1.82, 2.24) is 9.88 Å². The Labute approximate surface area is 117 Å². The van der Waals surface area contributed by atoms with E-state index in [2.05, 4.69) is 15.2 Å². The highest BCUT2D eigenvalue weighted by molar-refractivity contribution is 6.33. The second-order valence-electron chi connectivity index (χ2n) is 4.66. The monoisotopic (exact) mass is 283 g/mol. The Morgan fingerprint density at radius 3 is 2.84 bits per heavy atom. The first kappa shape index (κ1) is 14.1. The molecular formula is C13H18ClN3O2. The van der Waals surface area contributed by atoms with Crippen LogP contribution in [-0.4, -0.2) is 47.1 Å². The molecule has 0 aliphatic carbocycles. The molecule has 0 aromatic carbocycles. The van der Waals surface area contributed by atoms with Crippen molar-refractivity contribution >= 4 is 23.4 Å². The molecule has 0 saturated carbocycles. The van der Waals surface area contributed by atoms with Crippen molar-refractivity contribution in [3.05, 3.63) is 22.8 Å². The molecule has 1 aliphatic heterocycles. The number of nitrogens with one attached hydrogen (secondary N) is 1. The molecular weight excluding hydrogens is 266 g/mol. The zero-order valence-electron chi connectivity index (χ0n) is 10.7. The molecule has 2 heterocycles. The summed E-state index contributed by atoms with van der Waals surface area (Å²) in [5, 5.41) is 12.2. The quantitative estimate of drug-likeness (QED) is 0.785. The van der Waals surface area contributed by atoms with Gasteiger partial charge in [0.1, 0.15) is 5.82 Å². The van der Waals surface area contributed by atoms with E-state index in [4.69, 9.17) is 16.7 Å². The average molecular weight is 284 g/mol. The molecule has 5 nitrogen and oxygen atoms in total. The first-order chi connectivity index (χ1) is 9.16. The molecule has 1 aliphatic rings. The zero-order valence-corrected chi connectivity index (χ0v) is 11.5. The van der Waals surface area contributed by atoms with Crippen LogP contribution in [0.25, 0.3) is 0 Å². The van der Waals surface area contributed by atoms with E-state index in [0.29, 0.717) is 5.82 Å². The highest BCUT2D eigenvalue weighted by Crippen LogP contribution is 2.16. The number of carboxylic acid groups (broad SMARTS) is 1. The molecule has 104 valence electrons. The van der Waals surface area contributed by atoms with Crippen LogP contribution in [0.4, 0.5) is 5.82 Å². The predicted octanol–water partition coefficient (Wildman–Crippen LogP) is 2.33. The lowest BCUT2D eigenvalue weighted by Crippen LogP contribution is -2.22. The molecule has 0 amide bonds. The summed E-state index contributed by atoms with van der Waals surface area (Å²) < 4.78 is 0. The third-order valence-corrected chi connectivity index (χ3v) is 3.51. The number of hydrogen-bond acceptors (Lipinski definition) is 4. The number of aromatic nitrogens is 1. The van der Waals surface area contributed by atoms with Gasteiger partial charge in [0, 0.05) is 6.54 Å². The largest absolute Gasteiger partial charge is 0.476 e. The van der Waals surface area contributed by atoms with Crippen LogP contribution in [0.5, 0.6) is 0 Å². The molecule has 1 fully saturated rings. The van der Waals surface area contributed by atoms with Crippen molar-refractivity contribution in [1.29, 1.82) is 0 Å². The molecule has 0 atom stereocenters. The van der Waals surface area contributed by atoms with Crippen LogP contribution in [0.15, 0.2) is 12.1 Å². The second kappa shape index (κ2) is 6.73. The van der Waals surface area contributed by atoms with Crippen molar-refractivity contribution < 1.29 is 9.90 Å². The summed E-state index contributed by atoms with van der Waals surface area (Å²) in [5.41, 5.74) is -0.105. The normalized spacial score (nSPS) is 15.6. The fourth-order valence-electron chi connectivity index (χ4n) is 2.22. The third-order valence-electron chi connectivity index (χ3n) is 3.20. The van der Waals surface area contributed by atoms with Gasteiger partial charge < -0.3 is 15.3 Å². The molecule has 1 aromatic rings. The van der Waals surface area contributed by atoms with Crippen LogP contribution in [-0.2, 0) is 0 Å². The topological polar surface area (TPSA) is 65.5 Å². The van der Waals surface area contributed by atoms with E-state index in [1.54, 1.807) is 12.1 Å². The van der Waals surface area contributed by atoms with E-state index in [1.807, 2.05) is 0 Å². The van der Waals surface area contributed by atoms with Gasteiger partial charge in [0.15, 0.2) is 5.69 Å². The summed E-state index contributed by atoms with van der Waals surface area (Å²) >= 11 is 5.76. The molecule has 2 N–H and O–H groups in total. The Morgan fingerprint density at radius 2 is 2.16 bits per heavy atom. The van der Waals surface area contributed by atoms with Crippen LogP contribution in [0, 0.1) is 0 Å². The number of nitrogens with zero attached hydrogens (tertiary/aromatic N) is 2. The van der Waals surface area contributed by atoms with Gasteiger partial charge in [0.25, 0.3) is 0 Å². The van der Waals surface area contributed by atoms with Gasteiger partial charge in [0.2, 0.25) is 0 Å². The Kier molecular flexibility index (Phi) is 4.99. The molecule has 6 heteroatoms. The van der Waals surface area contributed by atoms with E-state index in [9.17, 15) is 4.79 Å². The lowest BCUT2D eigenvalue weighted by Gasteiger charge is -2.14. The van der Waals surface area contributed by atoms with Gasteiger partial charge in [-0.3, -0.25) is 0 Å². The van der Waals surface area contributed by atoms with Gasteiger partial charge in [-0.05, 0) is 51.0 Å². The van der Waals surface area contributed by atoms with E-state index in [1.165, 1.54) is 25.9 Å². The molecule has 1 aromatic heterocycles. The number of hydrogen-bond donors (Lipinski definition) is 2. The van der Waals surface area contributed by atoms with Gasteiger partial charge in [-0.15, -0.1) is 0 Å². The minimum Gasteiger partial charge on any atom is -0.476 e. The van der Waals surface area contributed by atoms with Crippen LogP contribution in [0.1, 0.15) is 29.8 Å². The number of likely N-dealkylation sites (tertiary alicyclic amines) is 1. The zero-order chi connectivity index (χ0) is 13.7. The minimum absolute atomic E-state index is 0.105. The summed E-state index contributed by atoms with van der Waals surface area (Å²) in [6, 6.07) is 3.26. The minimum atomic E-state index is -1.11. The summed E-state index contributed by atoms with van der Waals surface area (Å²) in [4.78, 5) is 17.3. The number of anilines is 1. The molecule has 1 saturated heterocycles. The number of pyridine rings is 1. The molecule has 0 radical (unpaired) electrons. The first-order valence-electron chi connectivity index (χ1n) is 6.53. The summed E-state index contributed by atoms with van der Waals surface area (Å²) in [5.74, 6) is -0.547. The molecule has 0 bridgehead atoms. The predicted molar refractivity (Wildman–Crippen MR) is 75.0 cm³/mol. The van der Waals surface area contributed by atoms with Crippen molar-refractivity contribution in [2.24, 2.45) is 0 Å². The Hall–Kier alpha value is -1.33. The van der Waals surface area contributed by atoms with Crippen molar-refractivity contribution in [3.8, 4) is 0 Å². The van der Waals surface area contributed by atoms with Gasteiger partial charge in [-0.25, -0.2) is 9.78 Å². The highest BCUT2D eigenvalue weighted by atomic mass is 35.5. The van der Waals surface area contributed by atoms with E-state index in [0.717, 1.165) is 19.5 Å². The van der Waals surface area contributed by atoms with E-state index < -0.39 is 5.97 Å².